The maximum atomic E-state index is 12.1. The molecule has 5 nitrogen and oxygen atoms in total. The summed E-state index contributed by atoms with van der Waals surface area (Å²) in [7, 11) is 0. The van der Waals surface area contributed by atoms with Crippen molar-refractivity contribution in [2.75, 3.05) is 24.5 Å². The lowest BCUT2D eigenvalue weighted by molar-refractivity contribution is -0.136. The van der Waals surface area contributed by atoms with E-state index in [1.54, 1.807) is 11.3 Å². The summed E-state index contributed by atoms with van der Waals surface area (Å²) in [5.41, 5.74) is 1.19. The van der Waals surface area contributed by atoms with Crippen molar-refractivity contribution in [2.24, 2.45) is 0 Å². The van der Waals surface area contributed by atoms with Gasteiger partial charge in [0.1, 0.15) is 5.01 Å². The summed E-state index contributed by atoms with van der Waals surface area (Å²) in [5, 5.41) is 11.5. The van der Waals surface area contributed by atoms with Crippen LogP contribution < -0.4 is 4.90 Å². The van der Waals surface area contributed by atoms with Crippen molar-refractivity contribution in [3.05, 3.63) is 39.9 Å². The lowest BCUT2D eigenvalue weighted by Gasteiger charge is -2.40. The number of benzene rings is 1. The van der Waals surface area contributed by atoms with Gasteiger partial charge in [-0.25, -0.2) is 0 Å². The largest absolute Gasteiger partial charge is 0.347 e. The van der Waals surface area contributed by atoms with Gasteiger partial charge in [0.25, 0.3) is 0 Å². The first-order valence-electron chi connectivity index (χ1n) is 9.30. The molecule has 26 heavy (non-hydrogen) atoms. The van der Waals surface area contributed by atoms with Gasteiger partial charge < -0.3 is 9.80 Å². The van der Waals surface area contributed by atoms with E-state index < -0.39 is 0 Å². The number of carbonyl (C=O) groups is 1. The molecule has 1 aromatic carbocycles. The molecule has 3 heterocycles. The lowest BCUT2D eigenvalue weighted by Crippen LogP contribution is -2.49. The zero-order valence-electron chi connectivity index (χ0n) is 14.7. The number of hydrogen-bond acceptors (Lipinski definition) is 5. The molecule has 0 radical (unpaired) electrons. The van der Waals surface area contributed by atoms with Crippen molar-refractivity contribution in [1.82, 2.24) is 15.1 Å². The van der Waals surface area contributed by atoms with E-state index in [4.69, 9.17) is 11.6 Å². The lowest BCUT2D eigenvalue weighted by atomic mass is 10.00. The Morgan fingerprint density at radius 1 is 1.08 bits per heavy atom. The van der Waals surface area contributed by atoms with Crippen LogP contribution in [0.2, 0.25) is 5.02 Å². The number of nitrogens with zero attached hydrogens (tertiary/aromatic N) is 4. The molecule has 2 aromatic rings. The van der Waals surface area contributed by atoms with Gasteiger partial charge in [-0.15, -0.1) is 10.2 Å². The molecular formula is C19H23ClN4OS. The van der Waals surface area contributed by atoms with Gasteiger partial charge in [-0.2, -0.15) is 0 Å². The molecule has 1 aromatic heterocycles. The topological polar surface area (TPSA) is 49.3 Å². The summed E-state index contributed by atoms with van der Waals surface area (Å²) < 4.78 is 0. The normalized spacial score (nSPS) is 19.2. The molecule has 2 aliphatic heterocycles. The Bertz CT molecular complexity index is 755. The third-order valence-corrected chi connectivity index (χ3v) is 6.50. The summed E-state index contributed by atoms with van der Waals surface area (Å²) in [6.45, 7) is 2.83. The number of anilines is 1. The predicted molar refractivity (Wildman–Crippen MR) is 105 cm³/mol. The summed E-state index contributed by atoms with van der Waals surface area (Å²) in [6.07, 6.45) is 5.76. The molecule has 0 atom stereocenters. The van der Waals surface area contributed by atoms with Crippen LogP contribution in [0, 0.1) is 0 Å². The predicted octanol–water partition coefficient (Wildman–Crippen LogP) is 3.76. The average Bonchev–Trinajstić information content (AvgIpc) is 3.13. The third-order valence-electron chi connectivity index (χ3n) is 5.26. The highest BCUT2D eigenvalue weighted by atomic mass is 35.5. The van der Waals surface area contributed by atoms with Gasteiger partial charge in [-0.3, -0.25) is 4.79 Å². The molecule has 0 aliphatic carbocycles. The number of amides is 1. The van der Waals surface area contributed by atoms with Crippen molar-refractivity contribution in [2.45, 2.75) is 44.6 Å². The first kappa shape index (κ1) is 17.7. The fourth-order valence-electron chi connectivity index (χ4n) is 3.80. The molecule has 2 aliphatic rings. The van der Waals surface area contributed by atoms with Crippen molar-refractivity contribution in [3.63, 3.8) is 0 Å². The Labute approximate surface area is 163 Å². The number of aromatic nitrogens is 2. The van der Waals surface area contributed by atoms with E-state index in [9.17, 15) is 4.79 Å². The molecule has 0 spiro atoms. The summed E-state index contributed by atoms with van der Waals surface area (Å²) in [5.74, 6) is 0.343. The molecule has 2 fully saturated rings. The first-order valence-corrected chi connectivity index (χ1v) is 10.5. The van der Waals surface area contributed by atoms with Crippen LogP contribution in [0.25, 0.3) is 0 Å². The van der Waals surface area contributed by atoms with E-state index in [-0.39, 0.29) is 0 Å². The minimum atomic E-state index is 0.343. The molecule has 1 amide bonds. The van der Waals surface area contributed by atoms with Crippen LogP contribution in [0.3, 0.4) is 0 Å². The Morgan fingerprint density at radius 3 is 2.58 bits per heavy atom. The second-order valence-corrected chi connectivity index (χ2v) is 8.52. The molecule has 0 N–H and O–H groups in total. The zero-order chi connectivity index (χ0) is 17.9. The Morgan fingerprint density at radius 2 is 1.85 bits per heavy atom. The molecule has 138 valence electrons. The van der Waals surface area contributed by atoms with Crippen LogP contribution in [-0.2, 0) is 11.2 Å². The number of piperidine rings is 2. The molecular weight excluding hydrogens is 368 g/mol. The molecule has 2 saturated heterocycles. The highest BCUT2D eigenvalue weighted by molar-refractivity contribution is 7.15. The zero-order valence-corrected chi connectivity index (χ0v) is 16.3. The number of rotatable bonds is 4. The van der Waals surface area contributed by atoms with E-state index in [0.717, 1.165) is 73.3 Å². The maximum absolute atomic E-state index is 12.1. The van der Waals surface area contributed by atoms with Crippen LogP contribution in [0.5, 0.6) is 0 Å². The van der Waals surface area contributed by atoms with Crippen molar-refractivity contribution in [1.29, 1.82) is 0 Å². The fourth-order valence-corrected chi connectivity index (χ4v) is 4.85. The van der Waals surface area contributed by atoms with E-state index in [0.29, 0.717) is 11.9 Å². The standard InChI is InChI=1S/C19H23ClN4OS/c20-15-6-4-14(5-7-15)13-17-21-22-19(26-17)23-11-8-16(9-12-23)24-10-2-1-3-18(24)25/h4-7,16H,1-3,8-13H2. The number of carbonyl (C=O) groups excluding carboxylic acids is 1. The van der Waals surface area contributed by atoms with Crippen molar-refractivity contribution < 1.29 is 4.79 Å². The molecule has 0 bridgehead atoms. The highest BCUT2D eigenvalue weighted by Crippen LogP contribution is 2.28. The Hall–Kier alpha value is -1.66. The van der Waals surface area contributed by atoms with Gasteiger partial charge in [0.15, 0.2) is 0 Å². The number of hydrogen-bond donors (Lipinski definition) is 0. The van der Waals surface area contributed by atoms with Gasteiger partial charge in [0, 0.05) is 43.5 Å². The molecule has 7 heteroatoms. The quantitative estimate of drug-likeness (QED) is 0.797. The second kappa shape index (κ2) is 7.92. The number of halogens is 1. The van der Waals surface area contributed by atoms with E-state index in [1.807, 2.05) is 24.3 Å². The van der Waals surface area contributed by atoms with Crippen LogP contribution in [0.4, 0.5) is 5.13 Å². The van der Waals surface area contributed by atoms with Crippen molar-refractivity contribution >= 4 is 34.0 Å². The van der Waals surface area contributed by atoms with Crippen molar-refractivity contribution in [3.8, 4) is 0 Å². The van der Waals surface area contributed by atoms with Gasteiger partial charge in [0.05, 0.1) is 0 Å². The summed E-state index contributed by atoms with van der Waals surface area (Å²) in [4.78, 5) is 16.6. The SMILES string of the molecule is O=C1CCCCN1C1CCN(c2nnc(Cc3ccc(Cl)cc3)s2)CC1. The van der Waals surface area contributed by atoms with E-state index >= 15 is 0 Å². The minimum absolute atomic E-state index is 0.343. The molecule has 4 rings (SSSR count). The molecule has 0 saturated carbocycles. The highest BCUT2D eigenvalue weighted by Gasteiger charge is 2.30. The Balaban J connectivity index is 1.34. The van der Waals surface area contributed by atoms with Gasteiger partial charge in [-0.05, 0) is 43.4 Å². The number of likely N-dealkylation sites (tertiary alicyclic amines) is 1. The smallest absolute Gasteiger partial charge is 0.222 e. The minimum Gasteiger partial charge on any atom is -0.347 e. The summed E-state index contributed by atoms with van der Waals surface area (Å²) in [6, 6.07) is 8.28. The van der Waals surface area contributed by atoms with Gasteiger partial charge in [0.2, 0.25) is 11.0 Å². The first-order chi connectivity index (χ1) is 12.7. The second-order valence-electron chi connectivity index (χ2n) is 7.04. The maximum Gasteiger partial charge on any atom is 0.222 e. The summed E-state index contributed by atoms with van der Waals surface area (Å²) >= 11 is 7.61. The molecule has 0 unspecified atom stereocenters. The van der Waals surface area contributed by atoms with E-state index in [2.05, 4.69) is 20.0 Å². The van der Waals surface area contributed by atoms with Gasteiger partial charge >= 0.3 is 0 Å². The fraction of sp³-hybridized carbons (Fsp3) is 0.526. The van der Waals surface area contributed by atoms with Crippen LogP contribution in [0.1, 0.15) is 42.7 Å². The monoisotopic (exact) mass is 390 g/mol. The Kier molecular flexibility index (Phi) is 5.41. The van der Waals surface area contributed by atoms with Crippen LogP contribution in [0.15, 0.2) is 24.3 Å². The van der Waals surface area contributed by atoms with E-state index in [1.165, 1.54) is 5.56 Å². The van der Waals surface area contributed by atoms with Crippen LogP contribution in [-0.4, -0.2) is 46.7 Å². The average molecular weight is 391 g/mol. The third kappa shape index (κ3) is 4.01. The van der Waals surface area contributed by atoms with Gasteiger partial charge in [-0.1, -0.05) is 35.1 Å². The van der Waals surface area contributed by atoms with Crippen LogP contribution >= 0.6 is 22.9 Å².